The van der Waals surface area contributed by atoms with Crippen LogP contribution in [0.15, 0.2) is 69.6 Å². The van der Waals surface area contributed by atoms with Crippen LogP contribution in [0.3, 0.4) is 0 Å². The molecule has 0 amide bonds. The number of aryl methyl sites for hydroxylation is 1. The average Bonchev–Trinajstić information content (AvgIpc) is 3.47. The van der Waals surface area contributed by atoms with Crippen LogP contribution in [0.1, 0.15) is 11.7 Å². The molecule has 1 aliphatic rings. The van der Waals surface area contributed by atoms with Gasteiger partial charge in [-0.25, -0.2) is 0 Å². The molecule has 0 bridgehead atoms. The van der Waals surface area contributed by atoms with E-state index in [-0.39, 0.29) is 0 Å². The van der Waals surface area contributed by atoms with E-state index in [1.807, 2.05) is 67.6 Å². The van der Waals surface area contributed by atoms with Gasteiger partial charge < -0.3 is 13.7 Å². The van der Waals surface area contributed by atoms with Gasteiger partial charge in [-0.1, -0.05) is 53.7 Å². The number of aromatic nitrogens is 3. The Morgan fingerprint density at radius 2 is 1.58 bits per heavy atom. The van der Waals surface area contributed by atoms with Crippen LogP contribution in [-0.2, 0) is 6.54 Å². The Morgan fingerprint density at radius 1 is 0.879 bits per heavy atom. The summed E-state index contributed by atoms with van der Waals surface area (Å²) >= 11 is 0. The summed E-state index contributed by atoms with van der Waals surface area (Å²) in [5.74, 6) is 2.63. The fourth-order valence-corrected chi connectivity index (χ4v) is 4.01. The van der Waals surface area contributed by atoms with E-state index in [1.54, 1.807) is 0 Å². The molecule has 0 unspecified atom stereocenters. The van der Waals surface area contributed by atoms with Crippen molar-refractivity contribution in [3.8, 4) is 28.5 Å². The minimum atomic E-state index is 0.444. The third kappa shape index (κ3) is 5.13. The number of piperazine rings is 1. The molecule has 0 atom stereocenters. The number of para-hydroxylation sites is 1. The standard InChI is InChI=1S/C25H27N5O3/c1-19-23(24(28-33-19)20-8-4-2-5-9-20)25-27-26-22(32-25)18-30-14-12-29(13-15-30)16-17-31-21-10-6-3-7-11-21/h2-11H,12-18H2,1H3. The molecule has 8 nitrogen and oxygen atoms in total. The van der Waals surface area contributed by atoms with Gasteiger partial charge in [-0.15, -0.1) is 10.2 Å². The highest BCUT2D eigenvalue weighted by molar-refractivity contribution is 5.77. The first-order valence-electron chi connectivity index (χ1n) is 11.2. The molecule has 1 saturated heterocycles. The Hall–Kier alpha value is -3.49. The van der Waals surface area contributed by atoms with Crippen LogP contribution in [0.25, 0.3) is 22.7 Å². The number of rotatable bonds is 8. The minimum Gasteiger partial charge on any atom is -0.492 e. The van der Waals surface area contributed by atoms with Crippen LogP contribution in [0.5, 0.6) is 5.75 Å². The summed E-state index contributed by atoms with van der Waals surface area (Å²) in [4.78, 5) is 4.76. The second-order valence-corrected chi connectivity index (χ2v) is 8.11. The van der Waals surface area contributed by atoms with Crippen molar-refractivity contribution in [1.29, 1.82) is 0 Å². The van der Waals surface area contributed by atoms with Crippen molar-refractivity contribution in [2.24, 2.45) is 0 Å². The SMILES string of the molecule is Cc1onc(-c2ccccc2)c1-c1nnc(CN2CCN(CCOc3ccccc3)CC2)o1. The average molecular weight is 446 g/mol. The third-order valence-corrected chi connectivity index (χ3v) is 5.83. The number of ether oxygens (including phenoxy) is 1. The Morgan fingerprint density at radius 3 is 2.33 bits per heavy atom. The van der Waals surface area contributed by atoms with Gasteiger partial charge in [0, 0.05) is 38.3 Å². The van der Waals surface area contributed by atoms with E-state index in [9.17, 15) is 0 Å². The van der Waals surface area contributed by atoms with Crippen molar-refractivity contribution in [2.75, 3.05) is 39.3 Å². The fraction of sp³-hybridized carbons (Fsp3) is 0.320. The summed E-state index contributed by atoms with van der Waals surface area (Å²) < 4.78 is 17.3. The van der Waals surface area contributed by atoms with Crippen molar-refractivity contribution in [3.05, 3.63) is 72.3 Å². The molecule has 2 aromatic carbocycles. The zero-order chi connectivity index (χ0) is 22.5. The maximum atomic E-state index is 6.02. The predicted octanol–water partition coefficient (Wildman–Crippen LogP) is 3.90. The Balaban J connectivity index is 1.15. The van der Waals surface area contributed by atoms with Gasteiger partial charge in [-0.05, 0) is 19.1 Å². The summed E-state index contributed by atoms with van der Waals surface area (Å²) in [5, 5.41) is 12.8. The zero-order valence-corrected chi connectivity index (χ0v) is 18.7. The largest absolute Gasteiger partial charge is 0.492 e. The molecule has 0 saturated carbocycles. The van der Waals surface area contributed by atoms with E-state index in [1.165, 1.54) is 0 Å². The third-order valence-electron chi connectivity index (χ3n) is 5.83. The molecule has 8 heteroatoms. The summed E-state index contributed by atoms with van der Waals surface area (Å²) in [6.45, 7) is 7.98. The van der Waals surface area contributed by atoms with Crippen molar-refractivity contribution in [1.82, 2.24) is 25.2 Å². The first kappa shape index (κ1) is 21.4. The van der Waals surface area contributed by atoms with Crippen LogP contribution in [0.4, 0.5) is 0 Å². The van der Waals surface area contributed by atoms with Crippen LogP contribution in [-0.4, -0.2) is 64.5 Å². The van der Waals surface area contributed by atoms with Crippen molar-refractivity contribution < 1.29 is 13.7 Å². The lowest BCUT2D eigenvalue weighted by Crippen LogP contribution is -2.47. The molecule has 0 N–H and O–H groups in total. The van der Waals surface area contributed by atoms with Gasteiger partial charge in [0.15, 0.2) is 0 Å². The topological polar surface area (TPSA) is 80.7 Å². The van der Waals surface area contributed by atoms with Crippen LogP contribution in [0.2, 0.25) is 0 Å². The number of hydrogen-bond donors (Lipinski definition) is 0. The molecule has 170 valence electrons. The number of hydrogen-bond acceptors (Lipinski definition) is 8. The molecule has 3 heterocycles. The van der Waals surface area contributed by atoms with E-state index in [4.69, 9.17) is 13.7 Å². The Labute approximate surface area is 192 Å². The van der Waals surface area contributed by atoms with Crippen LogP contribution in [0, 0.1) is 6.92 Å². The molecular formula is C25H27N5O3. The minimum absolute atomic E-state index is 0.444. The van der Waals surface area contributed by atoms with E-state index in [2.05, 4.69) is 25.2 Å². The van der Waals surface area contributed by atoms with Gasteiger partial charge in [-0.3, -0.25) is 9.80 Å². The Bertz CT molecular complexity index is 1150. The van der Waals surface area contributed by atoms with Gasteiger partial charge >= 0.3 is 0 Å². The molecule has 0 spiro atoms. The molecule has 2 aromatic heterocycles. The van der Waals surface area contributed by atoms with Gasteiger partial charge in [0.2, 0.25) is 5.89 Å². The van der Waals surface area contributed by atoms with Gasteiger partial charge in [0.25, 0.3) is 5.89 Å². The lowest BCUT2D eigenvalue weighted by atomic mass is 10.1. The monoisotopic (exact) mass is 445 g/mol. The maximum absolute atomic E-state index is 6.02. The zero-order valence-electron chi connectivity index (χ0n) is 18.7. The normalized spacial score (nSPS) is 15.1. The molecule has 0 radical (unpaired) electrons. The predicted molar refractivity (Wildman–Crippen MR) is 124 cm³/mol. The second-order valence-electron chi connectivity index (χ2n) is 8.11. The molecule has 4 aromatic rings. The first-order valence-corrected chi connectivity index (χ1v) is 11.2. The number of benzene rings is 2. The van der Waals surface area contributed by atoms with Crippen LogP contribution >= 0.6 is 0 Å². The number of nitrogens with zero attached hydrogens (tertiary/aromatic N) is 5. The summed E-state index contributed by atoms with van der Waals surface area (Å²) in [5.41, 5.74) is 2.43. The van der Waals surface area contributed by atoms with E-state index < -0.39 is 0 Å². The highest BCUT2D eigenvalue weighted by atomic mass is 16.5. The maximum Gasteiger partial charge on any atom is 0.253 e. The molecule has 5 rings (SSSR count). The highest BCUT2D eigenvalue weighted by Gasteiger charge is 2.23. The van der Waals surface area contributed by atoms with E-state index in [0.29, 0.717) is 30.7 Å². The molecule has 1 fully saturated rings. The van der Waals surface area contributed by atoms with Gasteiger partial charge in [0.05, 0.1) is 6.54 Å². The van der Waals surface area contributed by atoms with Gasteiger partial charge in [-0.2, -0.15) is 0 Å². The lowest BCUT2D eigenvalue weighted by molar-refractivity contribution is 0.106. The lowest BCUT2D eigenvalue weighted by Gasteiger charge is -2.33. The van der Waals surface area contributed by atoms with E-state index >= 15 is 0 Å². The fourth-order valence-electron chi connectivity index (χ4n) is 4.01. The van der Waals surface area contributed by atoms with Crippen LogP contribution < -0.4 is 4.74 Å². The smallest absolute Gasteiger partial charge is 0.253 e. The van der Waals surface area contributed by atoms with Crippen molar-refractivity contribution >= 4 is 0 Å². The quantitative estimate of drug-likeness (QED) is 0.404. The van der Waals surface area contributed by atoms with Crippen molar-refractivity contribution in [3.63, 3.8) is 0 Å². The van der Waals surface area contributed by atoms with Gasteiger partial charge in [0.1, 0.15) is 29.4 Å². The molecule has 1 aliphatic heterocycles. The van der Waals surface area contributed by atoms with E-state index in [0.717, 1.165) is 55.3 Å². The highest BCUT2D eigenvalue weighted by Crippen LogP contribution is 2.33. The summed E-state index contributed by atoms with van der Waals surface area (Å²) in [6, 6.07) is 19.8. The summed E-state index contributed by atoms with van der Waals surface area (Å²) in [7, 11) is 0. The Kier molecular flexibility index (Phi) is 6.46. The summed E-state index contributed by atoms with van der Waals surface area (Å²) in [6.07, 6.45) is 0. The first-order chi connectivity index (χ1) is 16.3. The van der Waals surface area contributed by atoms with Crippen molar-refractivity contribution in [2.45, 2.75) is 13.5 Å². The molecular weight excluding hydrogens is 418 g/mol. The second kappa shape index (κ2) is 9.97. The molecule has 0 aliphatic carbocycles. The molecule has 33 heavy (non-hydrogen) atoms.